The molecule has 0 aliphatic carbocycles. The zero-order valence-corrected chi connectivity index (χ0v) is 12.6. The monoisotopic (exact) mass is 287 g/mol. The van der Waals surface area contributed by atoms with Crippen LogP contribution in [0.3, 0.4) is 0 Å². The number of rotatable bonds is 6. The Morgan fingerprint density at radius 1 is 1.14 bits per heavy atom. The third kappa shape index (κ3) is 3.82. The lowest BCUT2D eigenvalue weighted by atomic mass is 9.97. The molecule has 21 heavy (non-hydrogen) atoms. The van der Waals surface area contributed by atoms with E-state index >= 15 is 0 Å². The summed E-state index contributed by atoms with van der Waals surface area (Å²) in [6.07, 6.45) is 0.694. The lowest BCUT2D eigenvalue weighted by molar-refractivity contribution is 0.210. The highest BCUT2D eigenvalue weighted by Gasteiger charge is 2.16. The molecule has 0 aliphatic heterocycles. The number of halogens is 1. The van der Waals surface area contributed by atoms with Crippen LogP contribution in [0.15, 0.2) is 48.5 Å². The molecule has 2 rings (SSSR count). The average Bonchev–Trinajstić information content (AvgIpc) is 2.52. The summed E-state index contributed by atoms with van der Waals surface area (Å²) in [5.41, 5.74) is 7.74. The van der Waals surface area contributed by atoms with Crippen molar-refractivity contribution in [2.45, 2.75) is 32.3 Å². The standard InChI is InChI=1S/C18H22FNO/c1-3-13(2)16-9-4-5-10-17(16)21-18(12-20)14-7-6-8-15(19)11-14/h4-11,13,18H,3,12,20H2,1-2H3. The minimum absolute atomic E-state index is 0.273. The quantitative estimate of drug-likeness (QED) is 0.853. The van der Waals surface area contributed by atoms with Gasteiger partial charge in [0.2, 0.25) is 0 Å². The molecule has 2 aromatic carbocycles. The highest BCUT2D eigenvalue weighted by molar-refractivity contribution is 5.36. The second kappa shape index (κ2) is 7.23. The fourth-order valence-electron chi connectivity index (χ4n) is 2.33. The summed E-state index contributed by atoms with van der Waals surface area (Å²) in [5, 5.41) is 0. The van der Waals surface area contributed by atoms with Gasteiger partial charge in [-0.3, -0.25) is 0 Å². The van der Waals surface area contributed by atoms with Gasteiger partial charge in [0.1, 0.15) is 17.7 Å². The van der Waals surface area contributed by atoms with Crippen LogP contribution in [0.4, 0.5) is 4.39 Å². The summed E-state index contributed by atoms with van der Waals surface area (Å²) in [6, 6.07) is 14.4. The van der Waals surface area contributed by atoms with Crippen LogP contribution >= 0.6 is 0 Å². The number of hydrogen-bond acceptors (Lipinski definition) is 2. The van der Waals surface area contributed by atoms with Crippen molar-refractivity contribution in [3.8, 4) is 5.75 Å². The summed E-state index contributed by atoms with van der Waals surface area (Å²) in [7, 11) is 0. The van der Waals surface area contributed by atoms with Crippen LogP contribution in [0.5, 0.6) is 5.75 Å². The van der Waals surface area contributed by atoms with Crippen molar-refractivity contribution in [2.24, 2.45) is 5.73 Å². The Kier molecular flexibility index (Phi) is 5.34. The third-order valence-corrected chi connectivity index (χ3v) is 3.77. The molecular formula is C18H22FNO. The normalized spacial score (nSPS) is 13.7. The Balaban J connectivity index is 2.27. The first-order valence-corrected chi connectivity index (χ1v) is 7.36. The van der Waals surface area contributed by atoms with Gasteiger partial charge in [-0.1, -0.05) is 44.2 Å². The first kappa shape index (κ1) is 15.5. The second-order valence-corrected chi connectivity index (χ2v) is 5.24. The molecule has 0 aliphatic rings. The van der Waals surface area contributed by atoms with Crippen molar-refractivity contribution >= 4 is 0 Å². The minimum atomic E-state index is -0.342. The molecule has 112 valence electrons. The Labute approximate surface area is 125 Å². The molecule has 0 saturated carbocycles. The van der Waals surface area contributed by atoms with Gasteiger partial charge in [-0.25, -0.2) is 4.39 Å². The molecule has 2 atom stereocenters. The third-order valence-electron chi connectivity index (χ3n) is 3.77. The fraction of sp³-hybridized carbons (Fsp3) is 0.333. The van der Waals surface area contributed by atoms with E-state index in [2.05, 4.69) is 19.9 Å². The number of para-hydroxylation sites is 1. The van der Waals surface area contributed by atoms with Gasteiger partial charge in [-0.05, 0) is 41.7 Å². The van der Waals surface area contributed by atoms with Gasteiger partial charge in [-0.2, -0.15) is 0 Å². The molecule has 2 nitrogen and oxygen atoms in total. The largest absolute Gasteiger partial charge is 0.484 e. The molecule has 0 amide bonds. The van der Waals surface area contributed by atoms with E-state index in [0.717, 1.165) is 23.3 Å². The van der Waals surface area contributed by atoms with Crippen LogP contribution in [-0.4, -0.2) is 6.54 Å². The number of ether oxygens (including phenoxy) is 1. The molecule has 0 bridgehead atoms. The first-order valence-electron chi connectivity index (χ1n) is 7.36. The van der Waals surface area contributed by atoms with Crippen molar-refractivity contribution in [2.75, 3.05) is 6.54 Å². The van der Waals surface area contributed by atoms with Gasteiger partial charge >= 0.3 is 0 Å². The smallest absolute Gasteiger partial charge is 0.136 e. The van der Waals surface area contributed by atoms with E-state index in [0.29, 0.717) is 12.5 Å². The van der Waals surface area contributed by atoms with Gasteiger partial charge in [0.25, 0.3) is 0 Å². The molecule has 0 spiro atoms. The minimum Gasteiger partial charge on any atom is -0.484 e. The van der Waals surface area contributed by atoms with Crippen molar-refractivity contribution in [1.82, 2.24) is 0 Å². The Morgan fingerprint density at radius 3 is 2.57 bits per heavy atom. The van der Waals surface area contributed by atoms with Crippen LogP contribution < -0.4 is 10.5 Å². The van der Waals surface area contributed by atoms with Crippen molar-refractivity contribution in [3.63, 3.8) is 0 Å². The van der Waals surface area contributed by atoms with E-state index in [1.807, 2.05) is 24.3 Å². The molecule has 2 unspecified atom stereocenters. The lowest BCUT2D eigenvalue weighted by Crippen LogP contribution is -2.19. The number of benzene rings is 2. The predicted octanol–water partition coefficient (Wildman–Crippen LogP) is 4.42. The van der Waals surface area contributed by atoms with Crippen molar-refractivity contribution in [1.29, 1.82) is 0 Å². The zero-order valence-electron chi connectivity index (χ0n) is 12.6. The summed E-state index contributed by atoms with van der Waals surface area (Å²) in [6.45, 7) is 4.62. The molecule has 0 radical (unpaired) electrons. The van der Waals surface area contributed by atoms with E-state index in [-0.39, 0.29) is 11.9 Å². The molecule has 3 heteroatoms. The summed E-state index contributed by atoms with van der Waals surface area (Å²) in [4.78, 5) is 0. The van der Waals surface area contributed by atoms with Crippen LogP contribution in [0.2, 0.25) is 0 Å². The summed E-state index contributed by atoms with van der Waals surface area (Å²) in [5.74, 6) is 0.962. The Hall–Kier alpha value is -1.87. The fourth-order valence-corrected chi connectivity index (χ4v) is 2.33. The molecule has 0 saturated heterocycles. The summed E-state index contributed by atoms with van der Waals surface area (Å²) >= 11 is 0. The highest BCUT2D eigenvalue weighted by atomic mass is 19.1. The molecule has 2 N–H and O–H groups in total. The molecule has 0 fully saturated rings. The van der Waals surface area contributed by atoms with E-state index in [1.165, 1.54) is 12.1 Å². The Morgan fingerprint density at radius 2 is 1.90 bits per heavy atom. The maximum absolute atomic E-state index is 13.4. The molecular weight excluding hydrogens is 265 g/mol. The average molecular weight is 287 g/mol. The van der Waals surface area contributed by atoms with Gasteiger partial charge in [0.05, 0.1) is 0 Å². The second-order valence-electron chi connectivity index (χ2n) is 5.24. The topological polar surface area (TPSA) is 35.2 Å². The lowest BCUT2D eigenvalue weighted by Gasteiger charge is -2.22. The zero-order chi connectivity index (χ0) is 15.2. The molecule has 2 aromatic rings. The molecule has 0 heterocycles. The van der Waals surface area contributed by atoms with E-state index in [1.54, 1.807) is 6.07 Å². The van der Waals surface area contributed by atoms with Crippen LogP contribution in [0.1, 0.15) is 43.4 Å². The first-order chi connectivity index (χ1) is 10.2. The van der Waals surface area contributed by atoms with Crippen molar-refractivity contribution in [3.05, 3.63) is 65.5 Å². The maximum Gasteiger partial charge on any atom is 0.136 e. The predicted molar refractivity (Wildman–Crippen MR) is 84.0 cm³/mol. The maximum atomic E-state index is 13.4. The highest BCUT2D eigenvalue weighted by Crippen LogP contribution is 2.31. The van der Waals surface area contributed by atoms with Crippen LogP contribution in [0, 0.1) is 5.82 Å². The number of hydrogen-bond donors (Lipinski definition) is 1. The van der Waals surface area contributed by atoms with Crippen molar-refractivity contribution < 1.29 is 9.13 Å². The SMILES string of the molecule is CCC(C)c1ccccc1OC(CN)c1cccc(F)c1. The van der Waals surface area contributed by atoms with E-state index in [4.69, 9.17) is 10.5 Å². The van der Waals surface area contributed by atoms with E-state index in [9.17, 15) is 4.39 Å². The van der Waals surface area contributed by atoms with Crippen LogP contribution in [-0.2, 0) is 0 Å². The Bertz CT molecular complexity index is 585. The van der Waals surface area contributed by atoms with Gasteiger partial charge in [-0.15, -0.1) is 0 Å². The molecule has 0 aromatic heterocycles. The van der Waals surface area contributed by atoms with Gasteiger partial charge < -0.3 is 10.5 Å². The van der Waals surface area contributed by atoms with Crippen LogP contribution in [0.25, 0.3) is 0 Å². The van der Waals surface area contributed by atoms with Gasteiger partial charge in [0.15, 0.2) is 0 Å². The number of nitrogens with two attached hydrogens (primary N) is 1. The summed E-state index contributed by atoms with van der Waals surface area (Å²) < 4.78 is 19.4. The van der Waals surface area contributed by atoms with E-state index < -0.39 is 0 Å². The van der Waals surface area contributed by atoms with Gasteiger partial charge in [0, 0.05) is 6.54 Å².